The summed E-state index contributed by atoms with van der Waals surface area (Å²) < 4.78 is 0. The molecule has 0 fully saturated rings. The van der Waals surface area contributed by atoms with Gasteiger partial charge in [-0.3, -0.25) is 0 Å². The summed E-state index contributed by atoms with van der Waals surface area (Å²) in [6, 6.07) is 0. The van der Waals surface area contributed by atoms with Gasteiger partial charge in [0, 0.05) is 0 Å². The molecule has 0 aliphatic heterocycles. The van der Waals surface area contributed by atoms with Crippen molar-refractivity contribution in [1.29, 1.82) is 0 Å². The summed E-state index contributed by atoms with van der Waals surface area (Å²) in [6.07, 6.45) is 17.3. The second-order valence-electron chi connectivity index (χ2n) is 6.36. The maximum Gasteiger partial charge on any atom is 0.0514 e. The number of hydrogen-bond acceptors (Lipinski definition) is 1. The average Bonchev–Trinajstić information content (AvgIpc) is 2.37. The first-order valence-electron chi connectivity index (χ1n) is 8.88. The Kier molecular flexibility index (Phi) is 14.3. The van der Waals surface area contributed by atoms with Crippen molar-refractivity contribution in [2.75, 3.05) is 0 Å². The third kappa shape index (κ3) is 14.2. The lowest BCUT2D eigenvalue weighted by Gasteiger charge is -2.18. The van der Waals surface area contributed by atoms with Crippen molar-refractivity contribution < 1.29 is 5.11 Å². The van der Waals surface area contributed by atoms with Crippen LogP contribution in [0.2, 0.25) is 0 Å². The van der Waals surface area contributed by atoms with Gasteiger partial charge in [-0.15, -0.1) is 0 Å². The fraction of sp³-hybridized carbons (Fsp3) is 1.00. The second-order valence-corrected chi connectivity index (χ2v) is 6.36. The molecule has 0 heterocycles. The van der Waals surface area contributed by atoms with Crippen molar-refractivity contribution in [3.8, 4) is 0 Å². The zero-order valence-corrected chi connectivity index (χ0v) is 13.8. The third-order valence-electron chi connectivity index (χ3n) is 4.11. The molecule has 1 N–H and O–H groups in total. The molecule has 0 amide bonds. The van der Waals surface area contributed by atoms with Crippen molar-refractivity contribution in [3.63, 3.8) is 0 Å². The summed E-state index contributed by atoms with van der Waals surface area (Å²) in [5, 5.41) is 9.60. The highest BCUT2D eigenvalue weighted by atomic mass is 16.3. The lowest BCUT2D eigenvalue weighted by molar-refractivity contribution is 0.152. The van der Waals surface area contributed by atoms with E-state index in [0.29, 0.717) is 0 Å². The number of rotatable bonds is 14. The average molecular weight is 271 g/mol. The molecule has 19 heavy (non-hydrogen) atoms. The first kappa shape index (κ1) is 19.0. The molecule has 0 saturated carbocycles. The lowest BCUT2D eigenvalue weighted by atomic mass is 9.90. The van der Waals surface area contributed by atoms with E-state index < -0.39 is 0 Å². The highest BCUT2D eigenvalue weighted by molar-refractivity contribution is 4.64. The van der Waals surface area contributed by atoms with Gasteiger partial charge in [0.25, 0.3) is 0 Å². The van der Waals surface area contributed by atoms with Gasteiger partial charge in [-0.1, -0.05) is 90.9 Å². The van der Waals surface area contributed by atoms with Gasteiger partial charge < -0.3 is 5.11 Å². The van der Waals surface area contributed by atoms with E-state index in [1.54, 1.807) is 0 Å². The van der Waals surface area contributed by atoms with Crippen LogP contribution in [0.4, 0.5) is 0 Å². The van der Waals surface area contributed by atoms with Crippen molar-refractivity contribution in [2.45, 2.75) is 110 Å². The summed E-state index contributed by atoms with van der Waals surface area (Å²) in [5.41, 5.74) is 0. The van der Waals surface area contributed by atoms with Crippen LogP contribution in [0.1, 0.15) is 104 Å². The van der Waals surface area contributed by atoms with E-state index in [1.807, 2.05) is 6.92 Å². The van der Waals surface area contributed by atoms with Crippen molar-refractivity contribution >= 4 is 0 Å². The van der Waals surface area contributed by atoms with Crippen LogP contribution in [0, 0.1) is 5.92 Å². The Morgan fingerprint density at radius 1 is 0.684 bits per heavy atom. The Morgan fingerprint density at radius 3 is 1.58 bits per heavy atom. The van der Waals surface area contributed by atoms with Gasteiger partial charge in [0.05, 0.1) is 6.10 Å². The third-order valence-corrected chi connectivity index (χ3v) is 4.11. The van der Waals surface area contributed by atoms with Crippen LogP contribution in [0.3, 0.4) is 0 Å². The summed E-state index contributed by atoms with van der Waals surface area (Å²) in [5.74, 6) is 0.767. The SMILES string of the molecule is CCCCCCCCC(CCCCCC)CC(C)O. The minimum atomic E-state index is -0.115. The molecule has 2 unspecified atom stereocenters. The summed E-state index contributed by atoms with van der Waals surface area (Å²) in [7, 11) is 0. The van der Waals surface area contributed by atoms with E-state index in [0.717, 1.165) is 12.3 Å². The van der Waals surface area contributed by atoms with E-state index in [1.165, 1.54) is 77.0 Å². The predicted octanol–water partition coefficient (Wildman–Crippen LogP) is 6.09. The fourth-order valence-electron chi connectivity index (χ4n) is 2.94. The van der Waals surface area contributed by atoms with Crippen molar-refractivity contribution in [2.24, 2.45) is 5.92 Å². The summed E-state index contributed by atoms with van der Waals surface area (Å²) in [6.45, 7) is 6.48. The zero-order chi connectivity index (χ0) is 14.3. The molecule has 0 aromatic rings. The van der Waals surface area contributed by atoms with Gasteiger partial charge in [-0.05, 0) is 19.3 Å². The molecule has 0 aliphatic carbocycles. The van der Waals surface area contributed by atoms with E-state index in [2.05, 4.69) is 13.8 Å². The van der Waals surface area contributed by atoms with Gasteiger partial charge in [0.1, 0.15) is 0 Å². The van der Waals surface area contributed by atoms with Gasteiger partial charge in [0.15, 0.2) is 0 Å². The Balaban J connectivity index is 3.61. The molecule has 1 nitrogen and oxygen atoms in total. The van der Waals surface area contributed by atoms with Crippen LogP contribution in [-0.2, 0) is 0 Å². The summed E-state index contributed by atoms with van der Waals surface area (Å²) in [4.78, 5) is 0. The molecule has 0 saturated heterocycles. The second kappa shape index (κ2) is 14.4. The molecule has 0 radical (unpaired) electrons. The molecule has 0 aromatic carbocycles. The van der Waals surface area contributed by atoms with E-state index in [-0.39, 0.29) is 6.10 Å². The molecule has 0 aromatic heterocycles. The number of unbranched alkanes of at least 4 members (excludes halogenated alkanes) is 8. The molecule has 1 heteroatoms. The molecule has 2 atom stereocenters. The molecular formula is C18H38O. The lowest BCUT2D eigenvalue weighted by Crippen LogP contribution is -2.10. The monoisotopic (exact) mass is 270 g/mol. The topological polar surface area (TPSA) is 20.2 Å². The van der Waals surface area contributed by atoms with Crippen LogP contribution >= 0.6 is 0 Å². The molecule has 0 spiro atoms. The van der Waals surface area contributed by atoms with Crippen LogP contribution in [-0.4, -0.2) is 11.2 Å². The Morgan fingerprint density at radius 2 is 1.11 bits per heavy atom. The van der Waals surface area contributed by atoms with Crippen molar-refractivity contribution in [3.05, 3.63) is 0 Å². The van der Waals surface area contributed by atoms with E-state index in [4.69, 9.17) is 0 Å². The zero-order valence-electron chi connectivity index (χ0n) is 13.8. The van der Waals surface area contributed by atoms with Gasteiger partial charge >= 0.3 is 0 Å². The number of aliphatic hydroxyl groups is 1. The quantitative estimate of drug-likeness (QED) is 0.378. The Hall–Kier alpha value is -0.0400. The predicted molar refractivity (Wildman–Crippen MR) is 86.5 cm³/mol. The molecular weight excluding hydrogens is 232 g/mol. The van der Waals surface area contributed by atoms with Crippen LogP contribution in [0.5, 0.6) is 0 Å². The minimum absolute atomic E-state index is 0.115. The normalized spacial score (nSPS) is 14.5. The first-order valence-corrected chi connectivity index (χ1v) is 8.88. The van der Waals surface area contributed by atoms with E-state index in [9.17, 15) is 5.11 Å². The van der Waals surface area contributed by atoms with Crippen molar-refractivity contribution in [1.82, 2.24) is 0 Å². The van der Waals surface area contributed by atoms with E-state index >= 15 is 0 Å². The number of aliphatic hydroxyl groups excluding tert-OH is 1. The highest BCUT2D eigenvalue weighted by Gasteiger charge is 2.11. The maximum absolute atomic E-state index is 9.60. The first-order chi connectivity index (χ1) is 9.20. The van der Waals surface area contributed by atoms with Gasteiger partial charge in [0.2, 0.25) is 0 Å². The van der Waals surface area contributed by atoms with Crippen LogP contribution < -0.4 is 0 Å². The standard InChI is InChI=1S/C18H38O/c1-4-6-8-10-11-13-15-18(16-17(3)19)14-12-9-7-5-2/h17-19H,4-16H2,1-3H3. The Bertz CT molecular complexity index is 165. The minimum Gasteiger partial charge on any atom is -0.393 e. The molecule has 116 valence electrons. The largest absolute Gasteiger partial charge is 0.393 e. The molecule has 0 aliphatic rings. The number of hydrogen-bond donors (Lipinski definition) is 1. The van der Waals surface area contributed by atoms with Gasteiger partial charge in [-0.25, -0.2) is 0 Å². The van der Waals surface area contributed by atoms with Crippen LogP contribution in [0.15, 0.2) is 0 Å². The highest BCUT2D eigenvalue weighted by Crippen LogP contribution is 2.23. The molecule has 0 rings (SSSR count). The maximum atomic E-state index is 9.60. The van der Waals surface area contributed by atoms with Gasteiger partial charge in [-0.2, -0.15) is 0 Å². The fourth-order valence-corrected chi connectivity index (χ4v) is 2.94. The molecule has 0 bridgehead atoms. The summed E-state index contributed by atoms with van der Waals surface area (Å²) >= 11 is 0. The Labute approximate surface area is 122 Å². The van der Waals surface area contributed by atoms with Crippen LogP contribution in [0.25, 0.3) is 0 Å². The smallest absolute Gasteiger partial charge is 0.0514 e.